The summed E-state index contributed by atoms with van der Waals surface area (Å²) in [6.07, 6.45) is 0. The first-order valence-electron chi connectivity index (χ1n) is 10.3. The van der Waals surface area contributed by atoms with E-state index >= 15 is 0 Å². The zero-order valence-electron chi connectivity index (χ0n) is 17.4. The molecule has 0 saturated carbocycles. The van der Waals surface area contributed by atoms with Crippen molar-refractivity contribution in [3.05, 3.63) is 80.2 Å². The Morgan fingerprint density at radius 3 is 2.57 bits per heavy atom. The van der Waals surface area contributed by atoms with E-state index in [-0.39, 0.29) is 17.1 Å². The van der Waals surface area contributed by atoms with Crippen LogP contribution in [0.5, 0.6) is 0 Å². The predicted octanol–water partition coefficient (Wildman–Crippen LogP) is 4.64. The summed E-state index contributed by atoms with van der Waals surface area (Å²) in [6, 6.07) is 12.3. The van der Waals surface area contributed by atoms with E-state index < -0.39 is 6.04 Å². The van der Waals surface area contributed by atoms with E-state index in [1.54, 1.807) is 17.0 Å². The number of halogens is 1. The molecule has 0 bridgehead atoms. The van der Waals surface area contributed by atoms with Crippen molar-refractivity contribution >= 4 is 28.5 Å². The summed E-state index contributed by atoms with van der Waals surface area (Å²) in [5.74, 6) is -0.109. The molecule has 0 spiro atoms. The van der Waals surface area contributed by atoms with Crippen molar-refractivity contribution in [2.75, 3.05) is 26.2 Å². The molecule has 6 heteroatoms. The second-order valence-corrected chi connectivity index (χ2v) is 8.09. The minimum Gasteiger partial charge on any atom is -0.450 e. The first-order chi connectivity index (χ1) is 14.4. The minimum absolute atomic E-state index is 0.140. The Bertz CT molecular complexity index is 1170. The quantitative estimate of drug-likeness (QED) is 0.578. The molecule has 1 aliphatic rings. The summed E-state index contributed by atoms with van der Waals surface area (Å²) >= 11 is 6.25. The van der Waals surface area contributed by atoms with Gasteiger partial charge in [-0.3, -0.25) is 9.59 Å². The van der Waals surface area contributed by atoms with Crippen molar-refractivity contribution < 1.29 is 9.21 Å². The molecule has 0 fully saturated rings. The van der Waals surface area contributed by atoms with Crippen molar-refractivity contribution in [3.63, 3.8) is 0 Å². The van der Waals surface area contributed by atoms with Gasteiger partial charge in [0.1, 0.15) is 5.58 Å². The summed E-state index contributed by atoms with van der Waals surface area (Å²) < 4.78 is 5.99. The van der Waals surface area contributed by atoms with Gasteiger partial charge in [0.2, 0.25) is 5.76 Å². The van der Waals surface area contributed by atoms with Gasteiger partial charge >= 0.3 is 0 Å². The van der Waals surface area contributed by atoms with Crippen LogP contribution < -0.4 is 5.43 Å². The first-order valence-corrected chi connectivity index (χ1v) is 10.7. The van der Waals surface area contributed by atoms with Crippen LogP contribution in [0.15, 0.2) is 51.7 Å². The van der Waals surface area contributed by atoms with E-state index in [1.165, 1.54) is 0 Å². The van der Waals surface area contributed by atoms with Crippen molar-refractivity contribution in [3.8, 4) is 0 Å². The highest BCUT2D eigenvalue weighted by Crippen LogP contribution is 2.38. The molecule has 1 aromatic heterocycles. The zero-order valence-corrected chi connectivity index (χ0v) is 18.2. The van der Waals surface area contributed by atoms with E-state index in [9.17, 15) is 9.59 Å². The topological polar surface area (TPSA) is 53.8 Å². The smallest absolute Gasteiger partial charge is 0.290 e. The van der Waals surface area contributed by atoms with Crippen LogP contribution in [0.25, 0.3) is 11.0 Å². The standard InChI is InChI=1S/C24H25ClN2O3/c1-4-26(5-2)11-12-27-21(16-7-6-8-17(25)14-16)20-22(28)18-13-15(3)9-10-19(18)30-23(20)24(27)29/h6-10,13-14,21H,4-5,11-12H2,1-3H3. The molecule has 1 atom stereocenters. The average Bonchev–Trinajstić information content (AvgIpc) is 3.02. The van der Waals surface area contributed by atoms with Crippen molar-refractivity contribution in [2.45, 2.75) is 26.8 Å². The average molecular weight is 425 g/mol. The van der Waals surface area contributed by atoms with Gasteiger partial charge in [0.25, 0.3) is 5.91 Å². The van der Waals surface area contributed by atoms with Crippen LogP contribution in [0.1, 0.15) is 47.1 Å². The number of carbonyl (C=O) groups is 1. The van der Waals surface area contributed by atoms with Gasteiger partial charge in [-0.15, -0.1) is 0 Å². The maximum Gasteiger partial charge on any atom is 0.290 e. The van der Waals surface area contributed by atoms with E-state index in [1.807, 2.05) is 37.3 Å². The van der Waals surface area contributed by atoms with Gasteiger partial charge < -0.3 is 14.2 Å². The van der Waals surface area contributed by atoms with Gasteiger partial charge in [-0.1, -0.05) is 49.2 Å². The highest BCUT2D eigenvalue weighted by Gasteiger charge is 2.42. The van der Waals surface area contributed by atoms with Crippen LogP contribution in [0, 0.1) is 6.92 Å². The summed E-state index contributed by atoms with van der Waals surface area (Å²) in [5, 5.41) is 1.07. The molecule has 3 aromatic rings. The van der Waals surface area contributed by atoms with E-state index in [0.29, 0.717) is 28.1 Å². The van der Waals surface area contributed by atoms with Crippen LogP contribution in [0.4, 0.5) is 0 Å². The van der Waals surface area contributed by atoms with Crippen LogP contribution >= 0.6 is 11.6 Å². The third kappa shape index (κ3) is 3.53. The lowest BCUT2D eigenvalue weighted by molar-refractivity contribution is 0.0708. The second kappa shape index (κ2) is 8.25. The molecule has 156 valence electrons. The molecule has 5 nitrogen and oxygen atoms in total. The lowest BCUT2D eigenvalue weighted by Crippen LogP contribution is -2.37. The highest BCUT2D eigenvalue weighted by atomic mass is 35.5. The Balaban J connectivity index is 1.89. The number of nitrogens with zero attached hydrogens (tertiary/aromatic N) is 2. The SMILES string of the molecule is CCN(CC)CCN1C(=O)c2oc3ccc(C)cc3c(=O)c2C1c1cccc(Cl)c1. The number of rotatable bonds is 6. The van der Waals surface area contributed by atoms with Crippen LogP contribution in [0.3, 0.4) is 0 Å². The monoisotopic (exact) mass is 424 g/mol. The van der Waals surface area contributed by atoms with Gasteiger partial charge in [0.15, 0.2) is 5.43 Å². The third-order valence-corrected chi connectivity index (χ3v) is 6.07. The van der Waals surface area contributed by atoms with Crippen molar-refractivity contribution in [2.24, 2.45) is 0 Å². The Labute approximate surface area is 180 Å². The summed E-state index contributed by atoms with van der Waals surface area (Å²) in [6.45, 7) is 9.13. The van der Waals surface area contributed by atoms with Crippen molar-refractivity contribution in [1.29, 1.82) is 0 Å². The third-order valence-electron chi connectivity index (χ3n) is 5.84. The van der Waals surface area contributed by atoms with Gasteiger partial charge in [-0.05, 0) is 49.8 Å². The Morgan fingerprint density at radius 2 is 1.87 bits per heavy atom. The first kappa shape index (κ1) is 20.6. The number of amides is 1. The molecule has 1 unspecified atom stereocenters. The summed E-state index contributed by atoms with van der Waals surface area (Å²) in [4.78, 5) is 30.9. The highest BCUT2D eigenvalue weighted by molar-refractivity contribution is 6.30. The number of fused-ring (bicyclic) bond motifs is 2. The van der Waals surface area contributed by atoms with E-state index in [0.717, 1.165) is 30.8 Å². The fourth-order valence-corrected chi connectivity index (χ4v) is 4.38. The maximum absolute atomic E-state index is 13.5. The molecule has 2 heterocycles. The number of benzene rings is 2. The normalized spacial score (nSPS) is 16.0. The fraction of sp³-hybridized carbons (Fsp3) is 0.333. The minimum atomic E-state index is -0.511. The van der Waals surface area contributed by atoms with Crippen LogP contribution in [0.2, 0.25) is 5.02 Å². The molecule has 2 aromatic carbocycles. The van der Waals surface area contributed by atoms with Crippen LogP contribution in [-0.2, 0) is 0 Å². The molecular formula is C24H25ClN2O3. The van der Waals surface area contributed by atoms with Gasteiger partial charge in [-0.25, -0.2) is 0 Å². The Morgan fingerprint density at radius 1 is 1.10 bits per heavy atom. The summed E-state index contributed by atoms with van der Waals surface area (Å²) in [7, 11) is 0. The van der Waals surface area contributed by atoms with Crippen LogP contribution in [-0.4, -0.2) is 41.9 Å². The maximum atomic E-state index is 13.5. The van der Waals surface area contributed by atoms with Gasteiger partial charge in [0.05, 0.1) is 17.0 Å². The number of aryl methyl sites for hydroxylation is 1. The van der Waals surface area contributed by atoms with Gasteiger partial charge in [-0.2, -0.15) is 0 Å². The number of carbonyl (C=O) groups excluding carboxylic acids is 1. The molecule has 4 rings (SSSR count). The Kier molecular flexibility index (Phi) is 5.67. The molecule has 1 aliphatic heterocycles. The fourth-order valence-electron chi connectivity index (χ4n) is 4.18. The second-order valence-electron chi connectivity index (χ2n) is 7.66. The molecule has 0 aliphatic carbocycles. The zero-order chi connectivity index (χ0) is 21.4. The molecule has 0 N–H and O–H groups in total. The lowest BCUT2D eigenvalue weighted by Gasteiger charge is -2.28. The summed E-state index contributed by atoms with van der Waals surface area (Å²) in [5.41, 5.74) is 2.47. The molecule has 0 radical (unpaired) electrons. The molecule has 30 heavy (non-hydrogen) atoms. The predicted molar refractivity (Wildman–Crippen MR) is 119 cm³/mol. The molecule has 1 amide bonds. The lowest BCUT2D eigenvalue weighted by atomic mass is 9.98. The van der Waals surface area contributed by atoms with E-state index in [2.05, 4.69) is 18.7 Å². The van der Waals surface area contributed by atoms with Crippen molar-refractivity contribution in [1.82, 2.24) is 9.80 Å². The molecular weight excluding hydrogens is 400 g/mol. The number of hydrogen-bond donors (Lipinski definition) is 0. The Hall–Kier alpha value is -2.63. The number of likely N-dealkylation sites (N-methyl/N-ethyl adjacent to an activating group) is 1. The largest absolute Gasteiger partial charge is 0.450 e. The molecule has 0 saturated heterocycles. The van der Waals surface area contributed by atoms with Gasteiger partial charge in [0, 0.05) is 18.1 Å². The van der Waals surface area contributed by atoms with E-state index in [4.69, 9.17) is 16.0 Å². The number of hydrogen-bond acceptors (Lipinski definition) is 4.